The van der Waals surface area contributed by atoms with Crippen molar-refractivity contribution in [3.63, 3.8) is 0 Å². The van der Waals surface area contributed by atoms with Crippen molar-refractivity contribution in [3.8, 4) is 0 Å². The van der Waals surface area contributed by atoms with E-state index in [9.17, 15) is 14.7 Å². The summed E-state index contributed by atoms with van der Waals surface area (Å²) in [5.74, 6) is -1.88. The number of anilines is 1. The molecule has 2 aromatic carbocycles. The molecular weight excluding hydrogens is 382 g/mol. The van der Waals surface area contributed by atoms with Gasteiger partial charge in [-0.05, 0) is 50.5 Å². The van der Waals surface area contributed by atoms with Crippen molar-refractivity contribution in [2.24, 2.45) is 5.92 Å². The maximum Gasteiger partial charge on any atom is 0.304 e. The summed E-state index contributed by atoms with van der Waals surface area (Å²) in [5, 5.41) is 12.0. The minimum absolute atomic E-state index is 0.203. The predicted octanol–water partition coefficient (Wildman–Crippen LogP) is 4.65. The van der Waals surface area contributed by atoms with Crippen molar-refractivity contribution in [2.45, 2.75) is 33.6 Å². The Morgan fingerprint density at radius 2 is 1.72 bits per heavy atom. The highest BCUT2D eigenvalue weighted by Gasteiger charge is 2.22. The standard InChI is InChI=1S/C20H22BrNO3/c1-12-6-13(2)8-15(7-12)9-16(10-19(23)24)20(25)22-17-5-4-14(3)18(21)11-17/h4-8,11,16H,9-10H2,1-3H3,(H,22,25)(H,23,24)/t16-/m0/s1. The molecule has 0 unspecified atom stereocenters. The number of carboxylic acid groups (broad SMARTS) is 1. The third kappa shape index (κ3) is 5.71. The van der Waals surface area contributed by atoms with Gasteiger partial charge in [0.1, 0.15) is 0 Å². The lowest BCUT2D eigenvalue weighted by Crippen LogP contribution is -2.27. The maximum atomic E-state index is 12.6. The Hall–Kier alpha value is -2.14. The average Bonchev–Trinajstić information content (AvgIpc) is 2.49. The predicted molar refractivity (Wildman–Crippen MR) is 103 cm³/mol. The number of hydrogen-bond acceptors (Lipinski definition) is 2. The molecule has 132 valence electrons. The topological polar surface area (TPSA) is 66.4 Å². The third-order valence-electron chi connectivity index (χ3n) is 3.99. The second-order valence-electron chi connectivity index (χ2n) is 6.45. The number of hydrogen-bond donors (Lipinski definition) is 2. The summed E-state index contributed by atoms with van der Waals surface area (Å²) < 4.78 is 0.898. The SMILES string of the molecule is Cc1cc(C)cc(C[C@@H](CC(=O)O)C(=O)Nc2ccc(C)c(Br)c2)c1. The molecule has 1 atom stereocenters. The highest BCUT2D eigenvalue weighted by molar-refractivity contribution is 9.10. The normalized spacial score (nSPS) is 11.8. The molecule has 0 bridgehead atoms. The molecule has 25 heavy (non-hydrogen) atoms. The van der Waals surface area contributed by atoms with Crippen molar-refractivity contribution < 1.29 is 14.7 Å². The van der Waals surface area contributed by atoms with Crippen LogP contribution in [0, 0.1) is 26.7 Å². The number of amides is 1. The van der Waals surface area contributed by atoms with Crippen molar-refractivity contribution in [2.75, 3.05) is 5.32 Å². The van der Waals surface area contributed by atoms with Crippen LogP contribution < -0.4 is 5.32 Å². The molecule has 0 fully saturated rings. The van der Waals surface area contributed by atoms with Crippen molar-refractivity contribution in [1.82, 2.24) is 0 Å². The van der Waals surface area contributed by atoms with Crippen LogP contribution in [0.5, 0.6) is 0 Å². The number of rotatable bonds is 6. The van der Waals surface area contributed by atoms with Gasteiger partial charge in [-0.25, -0.2) is 0 Å². The number of aliphatic carboxylic acids is 1. The van der Waals surface area contributed by atoms with Crippen molar-refractivity contribution in [1.29, 1.82) is 0 Å². The highest BCUT2D eigenvalue weighted by Crippen LogP contribution is 2.22. The molecule has 0 heterocycles. The van der Waals surface area contributed by atoms with Gasteiger partial charge in [0.25, 0.3) is 0 Å². The average molecular weight is 404 g/mol. The van der Waals surface area contributed by atoms with Gasteiger partial charge in [-0.2, -0.15) is 0 Å². The molecule has 4 nitrogen and oxygen atoms in total. The van der Waals surface area contributed by atoms with Crippen molar-refractivity contribution >= 4 is 33.5 Å². The zero-order valence-electron chi connectivity index (χ0n) is 14.6. The summed E-state index contributed by atoms with van der Waals surface area (Å²) in [7, 11) is 0. The van der Waals surface area contributed by atoms with Crippen LogP contribution in [-0.4, -0.2) is 17.0 Å². The largest absolute Gasteiger partial charge is 0.481 e. The molecule has 1 amide bonds. The second-order valence-corrected chi connectivity index (χ2v) is 7.30. The summed E-state index contributed by atoms with van der Waals surface area (Å²) in [6.07, 6.45) is 0.194. The Balaban J connectivity index is 2.18. The van der Waals surface area contributed by atoms with Crippen LogP contribution in [-0.2, 0) is 16.0 Å². The third-order valence-corrected chi connectivity index (χ3v) is 4.85. The fourth-order valence-corrected chi connectivity index (χ4v) is 3.23. The molecule has 5 heteroatoms. The summed E-state index contributed by atoms with van der Waals surface area (Å²) in [6.45, 7) is 5.95. The first-order valence-electron chi connectivity index (χ1n) is 8.10. The number of carbonyl (C=O) groups is 2. The fraction of sp³-hybridized carbons (Fsp3) is 0.300. The zero-order valence-corrected chi connectivity index (χ0v) is 16.2. The van der Waals surface area contributed by atoms with Crippen LogP contribution in [0.4, 0.5) is 5.69 Å². The van der Waals surface area contributed by atoms with E-state index in [0.29, 0.717) is 12.1 Å². The quantitative estimate of drug-likeness (QED) is 0.737. The van der Waals surface area contributed by atoms with E-state index in [0.717, 1.165) is 26.7 Å². The monoisotopic (exact) mass is 403 g/mol. The summed E-state index contributed by atoms with van der Waals surface area (Å²) in [4.78, 5) is 23.8. The lowest BCUT2D eigenvalue weighted by Gasteiger charge is -2.16. The summed E-state index contributed by atoms with van der Waals surface area (Å²) in [5.41, 5.74) is 4.90. The molecule has 0 aliphatic rings. The van der Waals surface area contributed by atoms with E-state index in [1.54, 1.807) is 0 Å². The Morgan fingerprint density at radius 3 is 2.28 bits per heavy atom. The van der Waals surface area contributed by atoms with Gasteiger partial charge < -0.3 is 10.4 Å². The summed E-state index contributed by atoms with van der Waals surface area (Å²) >= 11 is 3.44. The smallest absolute Gasteiger partial charge is 0.304 e. The van der Waals surface area contributed by atoms with Crippen LogP contribution in [0.25, 0.3) is 0 Å². The van der Waals surface area contributed by atoms with Crippen LogP contribution in [0.2, 0.25) is 0 Å². The first-order chi connectivity index (χ1) is 11.7. The Morgan fingerprint density at radius 1 is 1.08 bits per heavy atom. The van der Waals surface area contributed by atoms with E-state index in [2.05, 4.69) is 27.3 Å². The van der Waals surface area contributed by atoms with Gasteiger partial charge in [-0.15, -0.1) is 0 Å². The van der Waals surface area contributed by atoms with Gasteiger partial charge in [0, 0.05) is 10.2 Å². The molecule has 0 aliphatic carbocycles. The van der Waals surface area contributed by atoms with Gasteiger partial charge in [-0.3, -0.25) is 9.59 Å². The molecule has 0 radical (unpaired) electrons. The molecule has 0 aliphatic heterocycles. The first-order valence-corrected chi connectivity index (χ1v) is 8.90. The molecule has 2 N–H and O–H groups in total. The molecule has 0 saturated heterocycles. The first kappa shape index (κ1) is 19.2. The van der Waals surface area contributed by atoms with E-state index < -0.39 is 11.9 Å². The molecular formula is C20H22BrNO3. The van der Waals surface area contributed by atoms with Gasteiger partial charge in [0.2, 0.25) is 5.91 Å². The second kappa shape index (κ2) is 8.30. The lowest BCUT2D eigenvalue weighted by molar-refractivity contribution is -0.140. The van der Waals surface area contributed by atoms with Gasteiger partial charge >= 0.3 is 5.97 Å². The van der Waals surface area contributed by atoms with Gasteiger partial charge in [-0.1, -0.05) is 51.3 Å². The number of carbonyl (C=O) groups excluding carboxylic acids is 1. The van der Waals surface area contributed by atoms with Gasteiger partial charge in [0.05, 0.1) is 12.3 Å². The molecule has 2 rings (SSSR count). The number of nitrogens with one attached hydrogen (secondary N) is 1. The number of halogens is 1. The zero-order chi connectivity index (χ0) is 18.6. The van der Waals surface area contributed by atoms with E-state index in [1.165, 1.54) is 0 Å². The Labute approximate surface area is 156 Å². The number of benzene rings is 2. The maximum absolute atomic E-state index is 12.6. The van der Waals surface area contributed by atoms with Crippen LogP contribution >= 0.6 is 15.9 Å². The molecule has 0 aromatic heterocycles. The minimum Gasteiger partial charge on any atom is -0.481 e. The number of carboxylic acids is 1. The lowest BCUT2D eigenvalue weighted by atomic mass is 9.93. The fourth-order valence-electron chi connectivity index (χ4n) is 2.85. The Bertz CT molecular complexity index is 781. The highest BCUT2D eigenvalue weighted by atomic mass is 79.9. The van der Waals surface area contributed by atoms with E-state index >= 15 is 0 Å². The van der Waals surface area contributed by atoms with Crippen LogP contribution in [0.3, 0.4) is 0 Å². The van der Waals surface area contributed by atoms with E-state index in [-0.39, 0.29) is 12.3 Å². The van der Waals surface area contributed by atoms with E-state index in [4.69, 9.17) is 0 Å². The van der Waals surface area contributed by atoms with E-state index in [1.807, 2.05) is 51.1 Å². The van der Waals surface area contributed by atoms with Crippen LogP contribution in [0.15, 0.2) is 40.9 Å². The van der Waals surface area contributed by atoms with Crippen molar-refractivity contribution in [3.05, 3.63) is 63.1 Å². The van der Waals surface area contributed by atoms with Gasteiger partial charge in [0.15, 0.2) is 0 Å². The Kier molecular flexibility index (Phi) is 6.37. The molecule has 2 aromatic rings. The molecule has 0 saturated carbocycles. The molecule has 0 spiro atoms. The minimum atomic E-state index is -0.977. The number of aryl methyl sites for hydroxylation is 3. The summed E-state index contributed by atoms with van der Waals surface area (Å²) in [6, 6.07) is 11.6. The van der Waals surface area contributed by atoms with Crippen LogP contribution in [0.1, 0.15) is 28.7 Å².